The van der Waals surface area contributed by atoms with E-state index in [4.69, 9.17) is 9.47 Å². The number of hydrogen-bond donors (Lipinski definition) is 3. The van der Waals surface area contributed by atoms with E-state index in [1.165, 1.54) is 52.8 Å². The van der Waals surface area contributed by atoms with Crippen LogP contribution < -0.4 is 5.32 Å². The molecule has 1 aliphatic heterocycles. The first-order chi connectivity index (χ1) is 23.5. The number of tetrazole rings is 1. The molecule has 5 aromatic rings. The number of phenolic OH excluding ortho intramolecular Hbond substituents is 1. The zero-order chi connectivity index (χ0) is 34.8. The van der Waals surface area contributed by atoms with Crippen LogP contribution in [0, 0.1) is 35.0 Å². The minimum absolute atomic E-state index is 0.00573. The van der Waals surface area contributed by atoms with Gasteiger partial charge in [-0.2, -0.15) is 4.68 Å². The molecule has 254 valence electrons. The Hall–Kier alpha value is -4.90. The Balaban J connectivity index is 1.23. The van der Waals surface area contributed by atoms with E-state index >= 15 is 0 Å². The summed E-state index contributed by atoms with van der Waals surface area (Å²) in [4.78, 5) is 12.5. The molecule has 0 radical (unpaired) electrons. The van der Waals surface area contributed by atoms with E-state index in [1.54, 1.807) is 24.3 Å². The normalized spacial score (nSPS) is 19.2. The second-order valence-electron chi connectivity index (χ2n) is 11.0. The van der Waals surface area contributed by atoms with Gasteiger partial charge in [-0.1, -0.05) is 55.1 Å². The van der Waals surface area contributed by atoms with E-state index in [-0.39, 0.29) is 24.0 Å². The lowest BCUT2D eigenvalue weighted by atomic mass is 9.91. The van der Waals surface area contributed by atoms with Crippen molar-refractivity contribution in [1.29, 1.82) is 0 Å². The number of benzene rings is 4. The van der Waals surface area contributed by atoms with Crippen LogP contribution in [0.1, 0.15) is 46.4 Å². The number of aliphatic hydroxyl groups is 1. The number of amides is 1. The third-order valence-electron chi connectivity index (χ3n) is 7.91. The summed E-state index contributed by atoms with van der Waals surface area (Å²) in [6, 6.07) is 19.4. The van der Waals surface area contributed by atoms with Crippen molar-refractivity contribution in [3.05, 3.63) is 124 Å². The van der Waals surface area contributed by atoms with Crippen LogP contribution >= 0.6 is 11.8 Å². The molecule has 0 unspecified atom stereocenters. The first-order valence-electron chi connectivity index (χ1n) is 14.7. The maximum Gasteiger partial charge on any atom is 0.261 e. The summed E-state index contributed by atoms with van der Waals surface area (Å²) in [6.45, 7) is 1.84. The predicted octanol–water partition coefficient (Wildman–Crippen LogP) is 6.39. The first kappa shape index (κ1) is 34.0. The van der Waals surface area contributed by atoms with Gasteiger partial charge in [0, 0.05) is 22.9 Å². The average Bonchev–Trinajstić information content (AvgIpc) is 3.59. The monoisotopic (exact) mass is 699 g/mol. The van der Waals surface area contributed by atoms with Crippen molar-refractivity contribution in [2.75, 3.05) is 11.1 Å². The molecule has 0 spiro atoms. The van der Waals surface area contributed by atoms with Crippen LogP contribution in [-0.2, 0) is 16.1 Å². The molecular formula is C33H26F5N5O5S. The number of halogens is 5. The third-order valence-corrected chi connectivity index (χ3v) is 8.92. The number of carbonyl (C=O) groups excluding carboxylic acids is 1. The van der Waals surface area contributed by atoms with Gasteiger partial charge in [0.25, 0.3) is 5.91 Å². The molecule has 1 saturated heterocycles. The van der Waals surface area contributed by atoms with Crippen LogP contribution in [0.5, 0.6) is 5.75 Å². The van der Waals surface area contributed by atoms with E-state index in [2.05, 4.69) is 20.8 Å². The van der Waals surface area contributed by atoms with Crippen molar-refractivity contribution in [1.82, 2.24) is 20.2 Å². The largest absolute Gasteiger partial charge is 0.508 e. The molecule has 0 aliphatic carbocycles. The fraction of sp³-hybridized carbons (Fsp3) is 0.212. The standard InChI is InChI=1S/C33H26F5N5O5S/c1-16-23(15-49-33-40-41-42-43(33)21-10-12-22(45)13-11-21)47-32(48-30(16)18-4-2-17(14-44)3-5-18)19-6-8-20(9-7-19)39-31(46)24-25(34)27(36)29(38)28(37)26(24)35/h2-13,16,23,30,32,44-45H,14-15H2,1H3,(H,39,46)/t16-,23+,30+,32+/m1/s1. The van der Waals surface area contributed by atoms with Crippen LogP contribution in [0.15, 0.2) is 78.0 Å². The molecule has 4 atom stereocenters. The van der Waals surface area contributed by atoms with Gasteiger partial charge in [0.05, 0.1) is 24.5 Å². The molecule has 0 bridgehead atoms. The van der Waals surface area contributed by atoms with Crippen molar-refractivity contribution in [3.8, 4) is 11.4 Å². The molecular weight excluding hydrogens is 673 g/mol. The highest BCUT2D eigenvalue weighted by Crippen LogP contribution is 2.43. The van der Waals surface area contributed by atoms with Gasteiger partial charge >= 0.3 is 0 Å². The summed E-state index contributed by atoms with van der Waals surface area (Å²) < 4.78 is 83.4. The first-order valence-corrected chi connectivity index (χ1v) is 15.7. The highest BCUT2D eigenvalue weighted by molar-refractivity contribution is 7.99. The highest BCUT2D eigenvalue weighted by atomic mass is 32.2. The number of aromatic nitrogens is 4. The Bertz CT molecular complexity index is 1940. The van der Waals surface area contributed by atoms with Gasteiger partial charge in [0.2, 0.25) is 11.0 Å². The Labute approximate surface area is 279 Å². The minimum atomic E-state index is -2.37. The number of phenols is 1. The minimum Gasteiger partial charge on any atom is -0.508 e. The van der Waals surface area contributed by atoms with Crippen LogP contribution in [0.25, 0.3) is 5.69 Å². The van der Waals surface area contributed by atoms with Gasteiger partial charge in [0.15, 0.2) is 29.6 Å². The lowest BCUT2D eigenvalue weighted by Crippen LogP contribution is -2.38. The fourth-order valence-corrected chi connectivity index (χ4v) is 6.27. The molecule has 3 N–H and O–H groups in total. The van der Waals surface area contributed by atoms with Crippen molar-refractivity contribution >= 4 is 23.4 Å². The lowest BCUT2D eigenvalue weighted by Gasteiger charge is -2.41. The van der Waals surface area contributed by atoms with Crippen molar-refractivity contribution in [3.63, 3.8) is 0 Å². The van der Waals surface area contributed by atoms with Crippen molar-refractivity contribution < 1.29 is 46.4 Å². The predicted molar refractivity (Wildman–Crippen MR) is 165 cm³/mol. The van der Waals surface area contributed by atoms with Crippen molar-refractivity contribution in [2.24, 2.45) is 5.92 Å². The van der Waals surface area contributed by atoms with Gasteiger partial charge in [-0.3, -0.25) is 4.79 Å². The molecule has 6 rings (SSSR count). The molecule has 2 heterocycles. The van der Waals surface area contributed by atoms with Crippen LogP contribution in [0.3, 0.4) is 0 Å². The molecule has 4 aromatic carbocycles. The van der Waals surface area contributed by atoms with E-state index in [0.717, 1.165) is 11.1 Å². The molecule has 0 saturated carbocycles. The zero-order valence-corrected chi connectivity index (χ0v) is 26.2. The number of hydrogen-bond acceptors (Lipinski definition) is 9. The van der Waals surface area contributed by atoms with Gasteiger partial charge in [-0.15, -0.1) is 5.10 Å². The van der Waals surface area contributed by atoms with E-state index in [0.29, 0.717) is 22.2 Å². The summed E-state index contributed by atoms with van der Waals surface area (Å²) in [5.74, 6) is -12.6. The van der Waals surface area contributed by atoms with E-state index in [9.17, 15) is 37.0 Å². The molecule has 1 amide bonds. The van der Waals surface area contributed by atoms with Crippen LogP contribution in [-0.4, -0.2) is 48.2 Å². The van der Waals surface area contributed by atoms with Crippen LogP contribution in [0.2, 0.25) is 0 Å². The number of thioether (sulfide) groups is 1. The van der Waals surface area contributed by atoms with E-state index in [1.807, 2.05) is 19.1 Å². The molecule has 1 aromatic heterocycles. The summed E-state index contributed by atoms with van der Waals surface area (Å²) in [5, 5.41) is 33.7. The number of carbonyl (C=O) groups is 1. The Morgan fingerprint density at radius 2 is 1.47 bits per heavy atom. The van der Waals surface area contributed by atoms with Crippen molar-refractivity contribution in [2.45, 2.75) is 37.2 Å². The van der Waals surface area contributed by atoms with Gasteiger partial charge < -0.3 is 25.0 Å². The number of nitrogens with zero attached hydrogens (tertiary/aromatic N) is 4. The zero-order valence-electron chi connectivity index (χ0n) is 25.4. The van der Waals surface area contributed by atoms with Gasteiger partial charge in [-0.05, 0) is 58.0 Å². The number of aromatic hydroxyl groups is 1. The Kier molecular flexibility index (Phi) is 9.91. The Morgan fingerprint density at radius 3 is 2.10 bits per heavy atom. The average molecular weight is 700 g/mol. The maximum absolute atomic E-state index is 14.2. The SMILES string of the molecule is C[C@@H]1[C@H](CSc2nnnn2-c2ccc(O)cc2)O[C@H](c2ccc(NC(=O)c3c(F)c(F)c(F)c(F)c3F)cc2)O[C@@H]1c1ccc(CO)cc1. The smallest absolute Gasteiger partial charge is 0.261 e. The number of nitrogens with one attached hydrogen (secondary N) is 1. The number of anilines is 1. The molecule has 16 heteroatoms. The van der Waals surface area contributed by atoms with Crippen LogP contribution in [0.4, 0.5) is 27.6 Å². The molecule has 10 nitrogen and oxygen atoms in total. The summed E-state index contributed by atoms with van der Waals surface area (Å²) in [5.41, 5.74) is 1.08. The lowest BCUT2D eigenvalue weighted by molar-refractivity contribution is -0.268. The second-order valence-corrected chi connectivity index (χ2v) is 12.0. The summed E-state index contributed by atoms with van der Waals surface area (Å²) >= 11 is 1.34. The van der Waals surface area contributed by atoms with E-state index < -0.39 is 59.1 Å². The quantitative estimate of drug-likeness (QED) is 0.0693. The highest BCUT2D eigenvalue weighted by Gasteiger charge is 2.39. The van der Waals surface area contributed by atoms with Gasteiger partial charge in [0.1, 0.15) is 11.3 Å². The molecule has 49 heavy (non-hydrogen) atoms. The maximum atomic E-state index is 14.2. The third kappa shape index (κ3) is 6.98. The molecule has 1 fully saturated rings. The number of rotatable bonds is 9. The number of ether oxygens (including phenoxy) is 2. The topological polar surface area (TPSA) is 132 Å². The number of aliphatic hydroxyl groups excluding tert-OH is 1. The van der Waals surface area contributed by atoms with Gasteiger partial charge in [-0.25, -0.2) is 22.0 Å². The summed E-state index contributed by atoms with van der Waals surface area (Å²) in [7, 11) is 0. The molecule has 1 aliphatic rings. The Morgan fingerprint density at radius 1 is 0.857 bits per heavy atom. The summed E-state index contributed by atoms with van der Waals surface area (Å²) in [6.07, 6.45) is -1.83. The fourth-order valence-electron chi connectivity index (χ4n) is 5.21. The second kappa shape index (κ2) is 14.3.